The lowest BCUT2D eigenvalue weighted by molar-refractivity contribution is 0.373. The third kappa shape index (κ3) is 3.81. The number of rotatable bonds is 6. The Morgan fingerprint density at radius 2 is 2.17 bits per heavy atom. The van der Waals surface area contributed by atoms with Gasteiger partial charge in [0.15, 0.2) is 0 Å². The van der Waals surface area contributed by atoms with E-state index in [0.29, 0.717) is 18.4 Å². The summed E-state index contributed by atoms with van der Waals surface area (Å²) >= 11 is 3.35. The van der Waals surface area contributed by atoms with Crippen molar-refractivity contribution >= 4 is 21.9 Å². The molecule has 6 heteroatoms. The van der Waals surface area contributed by atoms with Gasteiger partial charge in [-0.15, -0.1) is 0 Å². The summed E-state index contributed by atoms with van der Waals surface area (Å²) in [6, 6.07) is 0. The van der Waals surface area contributed by atoms with Crippen molar-refractivity contribution in [1.82, 2.24) is 9.97 Å². The van der Waals surface area contributed by atoms with Gasteiger partial charge in [-0.05, 0) is 34.8 Å². The predicted molar refractivity (Wildman–Crippen MR) is 77.0 cm³/mol. The van der Waals surface area contributed by atoms with Crippen molar-refractivity contribution in [1.29, 1.82) is 0 Å². The number of nitrogens with two attached hydrogens (primary N) is 1. The van der Waals surface area contributed by atoms with Gasteiger partial charge in [-0.2, -0.15) is 4.98 Å². The molecule has 0 bridgehead atoms. The summed E-state index contributed by atoms with van der Waals surface area (Å²) in [5.41, 5.74) is 5.80. The Morgan fingerprint density at radius 3 is 2.67 bits per heavy atom. The van der Waals surface area contributed by atoms with Gasteiger partial charge in [0.2, 0.25) is 11.8 Å². The summed E-state index contributed by atoms with van der Waals surface area (Å²) < 4.78 is 5.94. The van der Waals surface area contributed by atoms with Crippen molar-refractivity contribution in [2.75, 3.05) is 31.6 Å². The summed E-state index contributed by atoms with van der Waals surface area (Å²) in [7, 11) is 1.59. The van der Waals surface area contributed by atoms with E-state index in [4.69, 9.17) is 10.5 Å². The number of hydrogen-bond acceptors (Lipinski definition) is 5. The van der Waals surface area contributed by atoms with Gasteiger partial charge in [-0.25, -0.2) is 4.98 Å². The standard InChI is InChI=1S/C12H21BrN4O/c1-5-17(8-12(2,3)7-14)11-15-6-9(13)10(16-11)18-4/h6H,5,7-8,14H2,1-4H3. The lowest BCUT2D eigenvalue weighted by Gasteiger charge is -2.31. The maximum atomic E-state index is 5.77. The molecule has 0 atom stereocenters. The van der Waals surface area contributed by atoms with E-state index < -0.39 is 0 Å². The first kappa shape index (κ1) is 15.2. The summed E-state index contributed by atoms with van der Waals surface area (Å²) in [6.45, 7) is 8.60. The number of halogens is 1. The van der Waals surface area contributed by atoms with E-state index >= 15 is 0 Å². The molecule has 1 aromatic heterocycles. The number of anilines is 1. The second kappa shape index (κ2) is 6.33. The predicted octanol–water partition coefficient (Wildman–Crippen LogP) is 2.06. The van der Waals surface area contributed by atoms with Crippen LogP contribution in [0.2, 0.25) is 0 Å². The molecule has 0 unspecified atom stereocenters. The highest BCUT2D eigenvalue weighted by Crippen LogP contribution is 2.25. The van der Waals surface area contributed by atoms with E-state index in [-0.39, 0.29) is 5.41 Å². The molecular formula is C12H21BrN4O. The van der Waals surface area contributed by atoms with E-state index in [9.17, 15) is 0 Å². The van der Waals surface area contributed by atoms with Crippen molar-refractivity contribution in [2.45, 2.75) is 20.8 Å². The molecule has 0 aromatic carbocycles. The third-order valence-electron chi connectivity index (χ3n) is 2.73. The largest absolute Gasteiger partial charge is 0.480 e. The van der Waals surface area contributed by atoms with Crippen LogP contribution in [-0.4, -0.2) is 36.7 Å². The molecule has 1 rings (SSSR count). The van der Waals surface area contributed by atoms with Gasteiger partial charge in [0.25, 0.3) is 0 Å². The summed E-state index contributed by atoms with van der Waals surface area (Å²) in [5, 5.41) is 0. The summed E-state index contributed by atoms with van der Waals surface area (Å²) in [4.78, 5) is 10.8. The fraction of sp³-hybridized carbons (Fsp3) is 0.667. The van der Waals surface area contributed by atoms with Crippen LogP contribution in [0.25, 0.3) is 0 Å². The number of aromatic nitrogens is 2. The summed E-state index contributed by atoms with van der Waals surface area (Å²) in [5.74, 6) is 1.21. The van der Waals surface area contributed by atoms with Crippen molar-refractivity contribution in [2.24, 2.45) is 11.1 Å². The number of methoxy groups -OCH3 is 1. The molecular weight excluding hydrogens is 296 g/mol. The maximum Gasteiger partial charge on any atom is 0.232 e. The normalized spacial score (nSPS) is 11.4. The lowest BCUT2D eigenvalue weighted by atomic mass is 9.93. The van der Waals surface area contributed by atoms with E-state index in [1.165, 1.54) is 0 Å². The minimum atomic E-state index is 0.0275. The molecule has 5 nitrogen and oxygen atoms in total. The molecule has 0 spiro atoms. The van der Waals surface area contributed by atoms with Crippen LogP contribution in [0.1, 0.15) is 20.8 Å². The van der Waals surface area contributed by atoms with Crippen LogP contribution in [0.15, 0.2) is 10.7 Å². The molecule has 0 amide bonds. The van der Waals surface area contributed by atoms with Gasteiger partial charge < -0.3 is 15.4 Å². The fourth-order valence-electron chi connectivity index (χ4n) is 1.54. The average molecular weight is 317 g/mol. The highest BCUT2D eigenvalue weighted by Gasteiger charge is 2.21. The maximum absolute atomic E-state index is 5.77. The third-order valence-corrected chi connectivity index (χ3v) is 3.27. The fourth-order valence-corrected chi connectivity index (χ4v) is 1.90. The van der Waals surface area contributed by atoms with Crippen molar-refractivity contribution in [3.8, 4) is 5.88 Å². The molecule has 0 saturated carbocycles. The molecule has 2 N–H and O–H groups in total. The molecule has 0 aliphatic carbocycles. The number of hydrogen-bond donors (Lipinski definition) is 1. The van der Waals surface area contributed by atoms with Crippen molar-refractivity contribution in [3.63, 3.8) is 0 Å². The van der Waals surface area contributed by atoms with Gasteiger partial charge in [0.05, 0.1) is 17.8 Å². The second-order valence-corrected chi connectivity index (χ2v) is 5.76. The molecule has 0 fully saturated rings. The quantitative estimate of drug-likeness (QED) is 0.870. The van der Waals surface area contributed by atoms with Gasteiger partial charge in [-0.3, -0.25) is 0 Å². The Morgan fingerprint density at radius 1 is 1.50 bits per heavy atom. The first-order valence-electron chi connectivity index (χ1n) is 5.95. The molecule has 18 heavy (non-hydrogen) atoms. The zero-order chi connectivity index (χ0) is 13.8. The van der Waals surface area contributed by atoms with Crippen LogP contribution in [0.4, 0.5) is 5.95 Å². The van der Waals surface area contributed by atoms with Crippen LogP contribution in [0.3, 0.4) is 0 Å². The Hall–Kier alpha value is -0.880. The lowest BCUT2D eigenvalue weighted by Crippen LogP contribution is -2.39. The van der Waals surface area contributed by atoms with Crippen LogP contribution >= 0.6 is 15.9 Å². The number of nitrogens with zero attached hydrogens (tertiary/aromatic N) is 3. The van der Waals surface area contributed by atoms with Gasteiger partial charge in [-0.1, -0.05) is 13.8 Å². The molecule has 0 aliphatic rings. The smallest absolute Gasteiger partial charge is 0.232 e. The Kier molecular flexibility index (Phi) is 5.34. The van der Waals surface area contributed by atoms with E-state index in [0.717, 1.165) is 17.6 Å². The monoisotopic (exact) mass is 316 g/mol. The van der Waals surface area contributed by atoms with Crippen molar-refractivity contribution < 1.29 is 4.74 Å². The Bertz CT molecular complexity index is 398. The van der Waals surface area contributed by atoms with Crippen LogP contribution in [0, 0.1) is 5.41 Å². The minimum Gasteiger partial charge on any atom is -0.480 e. The molecule has 0 aliphatic heterocycles. The Balaban J connectivity index is 2.95. The number of ether oxygens (including phenoxy) is 1. The van der Waals surface area contributed by atoms with Crippen LogP contribution in [0.5, 0.6) is 5.88 Å². The minimum absolute atomic E-state index is 0.0275. The average Bonchev–Trinajstić information content (AvgIpc) is 2.37. The highest BCUT2D eigenvalue weighted by atomic mass is 79.9. The van der Waals surface area contributed by atoms with E-state index in [2.05, 4.69) is 51.6 Å². The second-order valence-electron chi connectivity index (χ2n) is 4.91. The molecule has 1 aromatic rings. The SMILES string of the molecule is CCN(CC(C)(C)CN)c1ncc(Br)c(OC)n1. The van der Waals surface area contributed by atoms with Gasteiger partial charge in [0, 0.05) is 13.1 Å². The first-order valence-corrected chi connectivity index (χ1v) is 6.74. The zero-order valence-electron chi connectivity index (χ0n) is 11.4. The van der Waals surface area contributed by atoms with Crippen LogP contribution in [-0.2, 0) is 0 Å². The summed E-state index contributed by atoms with van der Waals surface area (Å²) in [6.07, 6.45) is 1.71. The first-order chi connectivity index (χ1) is 8.43. The highest BCUT2D eigenvalue weighted by molar-refractivity contribution is 9.10. The molecule has 0 radical (unpaired) electrons. The molecule has 102 valence electrons. The van der Waals surface area contributed by atoms with Gasteiger partial charge >= 0.3 is 0 Å². The van der Waals surface area contributed by atoms with Gasteiger partial charge in [0.1, 0.15) is 0 Å². The molecule has 1 heterocycles. The van der Waals surface area contributed by atoms with Crippen molar-refractivity contribution in [3.05, 3.63) is 10.7 Å². The van der Waals surface area contributed by atoms with E-state index in [1.807, 2.05) is 0 Å². The molecule has 0 saturated heterocycles. The van der Waals surface area contributed by atoms with E-state index in [1.54, 1.807) is 13.3 Å². The zero-order valence-corrected chi connectivity index (χ0v) is 13.0. The Labute approximate surface area is 117 Å². The topological polar surface area (TPSA) is 64.3 Å². The van der Waals surface area contributed by atoms with Crippen LogP contribution < -0.4 is 15.4 Å².